The second kappa shape index (κ2) is 9.53. The predicted octanol–water partition coefficient (Wildman–Crippen LogP) is 5.86. The average molecular weight is 439 g/mol. The maximum Gasteiger partial charge on any atom is 0.378 e. The smallest absolute Gasteiger partial charge is 0.378 e. The van der Waals surface area contributed by atoms with E-state index in [1.807, 2.05) is 0 Å². The van der Waals surface area contributed by atoms with Gasteiger partial charge < -0.3 is 14.6 Å². The first-order chi connectivity index (χ1) is 14.7. The number of carbonyl (C=O) groups is 2. The Kier molecular flexibility index (Phi) is 7.22. The van der Waals surface area contributed by atoms with Gasteiger partial charge in [0.25, 0.3) is 0 Å². The molecule has 1 atom stereocenters. The van der Waals surface area contributed by atoms with Gasteiger partial charge in [-0.2, -0.15) is 8.78 Å². The van der Waals surface area contributed by atoms with Crippen LogP contribution in [0.4, 0.5) is 8.78 Å². The molecule has 0 spiro atoms. The Labute approximate surface area is 182 Å². The summed E-state index contributed by atoms with van der Waals surface area (Å²) in [7, 11) is 0. The highest BCUT2D eigenvalue weighted by molar-refractivity contribution is 5.90. The van der Waals surface area contributed by atoms with Crippen LogP contribution in [0.1, 0.15) is 82.0 Å². The SMILES string of the molecule is CC(C)C1(Oc2ccc(C(=O)OC(C3CCCCC3)C(F)(F)C(=O)O)cc2)CCCC1. The Hall–Kier alpha value is -2.18. The van der Waals surface area contributed by atoms with Gasteiger partial charge in [0.15, 0.2) is 6.10 Å². The van der Waals surface area contributed by atoms with Crippen LogP contribution >= 0.6 is 0 Å². The topological polar surface area (TPSA) is 72.8 Å². The maximum absolute atomic E-state index is 14.4. The fourth-order valence-corrected chi connectivity index (χ4v) is 4.87. The van der Waals surface area contributed by atoms with E-state index in [2.05, 4.69) is 13.8 Å². The summed E-state index contributed by atoms with van der Waals surface area (Å²) in [4.78, 5) is 23.8. The van der Waals surface area contributed by atoms with Crippen LogP contribution in [0.25, 0.3) is 0 Å². The standard InChI is InChI=1S/C24H32F2O5/c1-16(2)23(14-6-7-15-23)31-19-12-10-18(11-13-19)21(27)30-20(24(25,26)22(28)29)17-8-4-3-5-9-17/h10-13,16-17,20H,3-9,14-15H2,1-2H3,(H,28,29). The van der Waals surface area contributed by atoms with E-state index in [4.69, 9.17) is 14.6 Å². The molecule has 0 aliphatic heterocycles. The summed E-state index contributed by atoms with van der Waals surface area (Å²) in [5.74, 6) is -7.05. The van der Waals surface area contributed by atoms with Crippen molar-refractivity contribution in [3.63, 3.8) is 0 Å². The highest BCUT2D eigenvalue weighted by Crippen LogP contribution is 2.40. The van der Waals surface area contributed by atoms with Gasteiger partial charge in [0.05, 0.1) is 5.56 Å². The third-order valence-corrected chi connectivity index (χ3v) is 6.87. The van der Waals surface area contributed by atoms with Crippen molar-refractivity contribution in [3.05, 3.63) is 29.8 Å². The van der Waals surface area contributed by atoms with Gasteiger partial charge in [-0.05, 0) is 68.7 Å². The van der Waals surface area contributed by atoms with E-state index in [-0.39, 0.29) is 11.2 Å². The number of benzene rings is 1. The molecule has 0 heterocycles. The van der Waals surface area contributed by atoms with Crippen LogP contribution in [0.2, 0.25) is 0 Å². The van der Waals surface area contributed by atoms with Crippen molar-refractivity contribution in [1.82, 2.24) is 0 Å². The van der Waals surface area contributed by atoms with E-state index in [0.717, 1.165) is 44.9 Å². The number of ether oxygens (including phenoxy) is 2. The van der Waals surface area contributed by atoms with Crippen LogP contribution < -0.4 is 4.74 Å². The second-order valence-corrected chi connectivity index (χ2v) is 9.21. The molecule has 2 aliphatic rings. The van der Waals surface area contributed by atoms with Crippen LogP contribution in [0.5, 0.6) is 5.75 Å². The zero-order valence-electron chi connectivity index (χ0n) is 18.2. The van der Waals surface area contributed by atoms with Crippen molar-refractivity contribution >= 4 is 11.9 Å². The van der Waals surface area contributed by atoms with E-state index >= 15 is 0 Å². The third-order valence-electron chi connectivity index (χ3n) is 6.87. The first-order valence-electron chi connectivity index (χ1n) is 11.3. The molecule has 2 aliphatic carbocycles. The minimum absolute atomic E-state index is 0.0966. The Morgan fingerprint density at radius 1 is 1.03 bits per heavy atom. The Balaban J connectivity index is 1.72. The molecule has 1 aromatic rings. The highest BCUT2D eigenvalue weighted by Gasteiger charge is 2.53. The number of alkyl halides is 2. The number of carboxylic acids is 1. The number of rotatable bonds is 8. The Morgan fingerprint density at radius 3 is 2.13 bits per heavy atom. The first-order valence-corrected chi connectivity index (χ1v) is 11.3. The maximum atomic E-state index is 14.4. The summed E-state index contributed by atoms with van der Waals surface area (Å²) < 4.78 is 40.2. The largest absolute Gasteiger partial charge is 0.487 e. The minimum Gasteiger partial charge on any atom is -0.487 e. The lowest BCUT2D eigenvalue weighted by Crippen LogP contribution is -2.48. The molecule has 0 saturated heterocycles. The molecule has 1 unspecified atom stereocenters. The molecule has 0 radical (unpaired) electrons. The van der Waals surface area contributed by atoms with E-state index < -0.39 is 29.9 Å². The summed E-state index contributed by atoms with van der Waals surface area (Å²) >= 11 is 0. The summed E-state index contributed by atoms with van der Waals surface area (Å²) in [6.45, 7) is 4.26. The van der Waals surface area contributed by atoms with Crippen molar-refractivity contribution in [3.8, 4) is 5.75 Å². The lowest BCUT2D eigenvalue weighted by atomic mass is 9.83. The van der Waals surface area contributed by atoms with E-state index in [1.165, 1.54) is 12.1 Å². The molecule has 1 N–H and O–H groups in total. The Bertz CT molecular complexity index is 763. The first kappa shape index (κ1) is 23.5. The van der Waals surface area contributed by atoms with Crippen molar-refractivity contribution in [2.24, 2.45) is 11.8 Å². The number of carboxylic acid groups (broad SMARTS) is 1. The van der Waals surface area contributed by atoms with Crippen molar-refractivity contribution in [2.75, 3.05) is 0 Å². The molecule has 1 aromatic carbocycles. The van der Waals surface area contributed by atoms with Crippen molar-refractivity contribution in [1.29, 1.82) is 0 Å². The fourth-order valence-electron chi connectivity index (χ4n) is 4.87. The monoisotopic (exact) mass is 438 g/mol. The highest BCUT2D eigenvalue weighted by atomic mass is 19.3. The number of aliphatic carboxylic acids is 1. The van der Waals surface area contributed by atoms with Gasteiger partial charge in [0.2, 0.25) is 0 Å². The van der Waals surface area contributed by atoms with Crippen LogP contribution in [0, 0.1) is 11.8 Å². The molecular formula is C24H32F2O5. The zero-order chi connectivity index (χ0) is 22.6. The number of halogens is 2. The van der Waals surface area contributed by atoms with Crippen molar-refractivity contribution < 1.29 is 33.0 Å². The predicted molar refractivity (Wildman–Crippen MR) is 111 cm³/mol. The Morgan fingerprint density at radius 2 is 1.61 bits per heavy atom. The van der Waals surface area contributed by atoms with Gasteiger partial charge in [0.1, 0.15) is 11.4 Å². The summed E-state index contributed by atoms with van der Waals surface area (Å²) in [6.07, 6.45) is 5.40. The molecule has 2 saturated carbocycles. The fraction of sp³-hybridized carbons (Fsp3) is 0.667. The normalized spacial score (nSPS) is 20.4. The zero-order valence-corrected chi connectivity index (χ0v) is 18.2. The van der Waals surface area contributed by atoms with Crippen LogP contribution in [-0.2, 0) is 9.53 Å². The molecular weight excluding hydrogens is 406 g/mol. The summed E-state index contributed by atoms with van der Waals surface area (Å²) in [5, 5.41) is 9.01. The lowest BCUT2D eigenvalue weighted by molar-refractivity contribution is -0.189. The molecule has 7 heteroatoms. The summed E-state index contributed by atoms with van der Waals surface area (Å²) in [5.41, 5.74) is -0.128. The number of hydrogen-bond donors (Lipinski definition) is 1. The van der Waals surface area contributed by atoms with Gasteiger partial charge in [-0.15, -0.1) is 0 Å². The molecule has 0 amide bonds. The molecule has 0 bridgehead atoms. The average Bonchev–Trinajstić information content (AvgIpc) is 3.22. The van der Waals surface area contributed by atoms with Crippen molar-refractivity contribution in [2.45, 2.75) is 89.3 Å². The van der Waals surface area contributed by atoms with E-state index in [1.54, 1.807) is 12.1 Å². The third kappa shape index (κ3) is 5.18. The van der Waals surface area contributed by atoms with E-state index in [0.29, 0.717) is 24.5 Å². The number of carbonyl (C=O) groups excluding carboxylic acids is 1. The van der Waals surface area contributed by atoms with Crippen LogP contribution in [0.3, 0.4) is 0 Å². The van der Waals surface area contributed by atoms with Gasteiger partial charge in [-0.25, -0.2) is 9.59 Å². The molecule has 172 valence electrons. The van der Waals surface area contributed by atoms with Crippen LogP contribution in [-0.4, -0.2) is 34.7 Å². The van der Waals surface area contributed by atoms with Gasteiger partial charge in [-0.1, -0.05) is 33.1 Å². The minimum atomic E-state index is -4.13. The molecule has 2 fully saturated rings. The quantitative estimate of drug-likeness (QED) is 0.515. The number of esters is 1. The molecule has 3 rings (SSSR count). The van der Waals surface area contributed by atoms with Gasteiger partial charge in [0, 0.05) is 5.92 Å². The van der Waals surface area contributed by atoms with E-state index in [9.17, 15) is 18.4 Å². The number of hydrogen-bond acceptors (Lipinski definition) is 4. The molecule has 0 aromatic heterocycles. The summed E-state index contributed by atoms with van der Waals surface area (Å²) in [6, 6.07) is 6.25. The molecule has 5 nitrogen and oxygen atoms in total. The molecule has 31 heavy (non-hydrogen) atoms. The second-order valence-electron chi connectivity index (χ2n) is 9.21. The van der Waals surface area contributed by atoms with Gasteiger partial charge >= 0.3 is 17.9 Å². The van der Waals surface area contributed by atoms with Crippen LogP contribution in [0.15, 0.2) is 24.3 Å². The lowest BCUT2D eigenvalue weighted by Gasteiger charge is -2.34. The van der Waals surface area contributed by atoms with Gasteiger partial charge in [-0.3, -0.25) is 0 Å².